The van der Waals surface area contributed by atoms with Crippen molar-refractivity contribution < 1.29 is 9.53 Å². The van der Waals surface area contributed by atoms with E-state index < -0.39 is 0 Å². The molecule has 2 N–H and O–H groups in total. The van der Waals surface area contributed by atoms with Crippen LogP contribution in [0, 0.1) is 0 Å². The van der Waals surface area contributed by atoms with Gasteiger partial charge in [0.25, 0.3) is 5.91 Å². The molecule has 0 bridgehead atoms. The van der Waals surface area contributed by atoms with Crippen molar-refractivity contribution in [2.75, 3.05) is 19.1 Å². The lowest BCUT2D eigenvalue weighted by Gasteiger charge is -2.19. The summed E-state index contributed by atoms with van der Waals surface area (Å²) in [4.78, 5) is 18.4. The van der Waals surface area contributed by atoms with Crippen LogP contribution in [0.4, 0.5) is 5.69 Å². The van der Waals surface area contributed by atoms with Crippen LogP contribution in [0.1, 0.15) is 15.9 Å². The number of methoxy groups -OCH3 is 1. The van der Waals surface area contributed by atoms with E-state index in [-0.39, 0.29) is 10.9 Å². The molecule has 0 aliphatic rings. The molecule has 1 aromatic heterocycles. The van der Waals surface area contributed by atoms with Gasteiger partial charge in [-0.05, 0) is 24.3 Å². The zero-order valence-electron chi connectivity index (χ0n) is 11.7. The van der Waals surface area contributed by atoms with Crippen LogP contribution in [0.15, 0.2) is 42.6 Å². The van der Waals surface area contributed by atoms with Crippen LogP contribution in [0.5, 0.6) is 5.88 Å². The molecule has 0 radical (unpaired) electrons. The zero-order chi connectivity index (χ0) is 15.4. The second-order valence-electron chi connectivity index (χ2n) is 4.34. The summed E-state index contributed by atoms with van der Waals surface area (Å²) in [6, 6.07) is 10.5. The van der Waals surface area contributed by atoms with Crippen LogP contribution in [0.3, 0.4) is 0 Å². The Morgan fingerprint density at radius 3 is 2.76 bits per heavy atom. The van der Waals surface area contributed by atoms with Crippen molar-refractivity contribution in [2.45, 2.75) is 0 Å². The fourth-order valence-electron chi connectivity index (χ4n) is 1.88. The average Bonchev–Trinajstić information content (AvgIpc) is 2.53. The van der Waals surface area contributed by atoms with Crippen molar-refractivity contribution in [1.82, 2.24) is 4.98 Å². The van der Waals surface area contributed by atoms with E-state index in [1.165, 1.54) is 12.0 Å². The van der Waals surface area contributed by atoms with Gasteiger partial charge in [0.2, 0.25) is 5.88 Å². The Kier molecular flexibility index (Phi) is 4.49. The van der Waals surface area contributed by atoms with Gasteiger partial charge in [-0.1, -0.05) is 24.4 Å². The first kappa shape index (κ1) is 14.9. The highest BCUT2D eigenvalue weighted by Crippen LogP contribution is 2.21. The van der Waals surface area contributed by atoms with E-state index in [1.807, 2.05) is 6.07 Å². The summed E-state index contributed by atoms with van der Waals surface area (Å²) in [5.41, 5.74) is 7.41. The third kappa shape index (κ3) is 3.17. The summed E-state index contributed by atoms with van der Waals surface area (Å²) >= 11 is 4.95. The number of amides is 1. The van der Waals surface area contributed by atoms with E-state index in [4.69, 9.17) is 22.7 Å². The number of nitrogens with zero attached hydrogens (tertiary/aromatic N) is 2. The normalized spacial score (nSPS) is 10.0. The zero-order valence-corrected chi connectivity index (χ0v) is 12.6. The predicted octanol–water partition coefficient (Wildman–Crippen LogP) is 2.00. The molecule has 0 atom stereocenters. The number of pyridine rings is 1. The summed E-state index contributed by atoms with van der Waals surface area (Å²) in [6.07, 6.45) is 1.57. The van der Waals surface area contributed by atoms with Crippen LogP contribution >= 0.6 is 12.2 Å². The summed E-state index contributed by atoms with van der Waals surface area (Å²) in [5, 5.41) is 0. The maximum absolute atomic E-state index is 12.5. The lowest BCUT2D eigenvalue weighted by molar-refractivity contribution is 0.0989. The molecule has 21 heavy (non-hydrogen) atoms. The molecule has 2 aromatic rings. The number of thiocarbonyl (C=S) groups is 1. The molecule has 0 aliphatic heterocycles. The minimum Gasteiger partial charge on any atom is -0.480 e. The number of aromatic nitrogens is 1. The Bertz CT molecular complexity index is 688. The molecule has 1 amide bonds. The number of carbonyl (C=O) groups excluding carboxylic acids is 1. The Morgan fingerprint density at radius 1 is 1.33 bits per heavy atom. The van der Waals surface area contributed by atoms with Gasteiger partial charge >= 0.3 is 0 Å². The number of hydrogen-bond donors (Lipinski definition) is 1. The number of anilines is 1. The minimum atomic E-state index is -0.222. The second kappa shape index (κ2) is 6.32. The SMILES string of the molecule is COc1ncccc1C(=O)N(C)c1cccc(C(N)=S)c1. The second-order valence-corrected chi connectivity index (χ2v) is 4.78. The molecule has 0 fully saturated rings. The predicted molar refractivity (Wildman–Crippen MR) is 85.9 cm³/mol. The molecule has 0 aliphatic carbocycles. The van der Waals surface area contributed by atoms with Gasteiger partial charge in [-0.2, -0.15) is 0 Å². The fourth-order valence-corrected chi connectivity index (χ4v) is 2.01. The Balaban J connectivity index is 2.35. The summed E-state index contributed by atoms with van der Waals surface area (Å²) in [6.45, 7) is 0. The van der Waals surface area contributed by atoms with Gasteiger partial charge in [0.1, 0.15) is 10.6 Å². The van der Waals surface area contributed by atoms with E-state index in [1.54, 1.807) is 43.6 Å². The molecule has 1 aromatic carbocycles. The van der Waals surface area contributed by atoms with Crippen LogP contribution < -0.4 is 15.4 Å². The van der Waals surface area contributed by atoms with Gasteiger partial charge < -0.3 is 15.4 Å². The molecule has 0 unspecified atom stereocenters. The van der Waals surface area contributed by atoms with Crippen LogP contribution in [0.25, 0.3) is 0 Å². The van der Waals surface area contributed by atoms with Crippen LogP contribution in [-0.2, 0) is 0 Å². The third-order valence-electron chi connectivity index (χ3n) is 3.02. The van der Waals surface area contributed by atoms with Gasteiger partial charge in [-0.15, -0.1) is 0 Å². The van der Waals surface area contributed by atoms with Gasteiger partial charge in [0.15, 0.2) is 0 Å². The topological polar surface area (TPSA) is 68.5 Å². The molecule has 5 nitrogen and oxygen atoms in total. The molecule has 2 rings (SSSR count). The number of hydrogen-bond acceptors (Lipinski definition) is 4. The van der Waals surface area contributed by atoms with Crippen molar-refractivity contribution in [2.24, 2.45) is 5.73 Å². The third-order valence-corrected chi connectivity index (χ3v) is 3.25. The van der Waals surface area contributed by atoms with E-state index in [2.05, 4.69) is 4.98 Å². The maximum atomic E-state index is 12.5. The van der Waals surface area contributed by atoms with Crippen LogP contribution in [0.2, 0.25) is 0 Å². The standard InChI is InChI=1S/C15H15N3O2S/c1-18(11-6-3-5-10(9-11)13(16)21)15(19)12-7-4-8-17-14(12)20-2/h3-9H,1-2H3,(H2,16,21). The van der Waals surface area contributed by atoms with Crippen LogP contribution in [-0.4, -0.2) is 30.0 Å². The molecule has 6 heteroatoms. The average molecular weight is 301 g/mol. The molecule has 0 saturated carbocycles. The molecule has 0 spiro atoms. The summed E-state index contributed by atoms with van der Waals surface area (Å²) in [5.74, 6) is 0.0693. The van der Waals surface area contributed by atoms with Gasteiger partial charge in [0, 0.05) is 24.5 Å². The monoisotopic (exact) mass is 301 g/mol. The molecule has 108 valence electrons. The highest BCUT2D eigenvalue weighted by Gasteiger charge is 2.18. The molecular formula is C15H15N3O2S. The van der Waals surface area contributed by atoms with Crippen molar-refractivity contribution in [1.29, 1.82) is 0 Å². The van der Waals surface area contributed by atoms with Gasteiger partial charge in [0.05, 0.1) is 7.11 Å². The lowest BCUT2D eigenvalue weighted by atomic mass is 10.1. The summed E-state index contributed by atoms with van der Waals surface area (Å²) < 4.78 is 5.12. The smallest absolute Gasteiger partial charge is 0.263 e. The fraction of sp³-hybridized carbons (Fsp3) is 0.133. The minimum absolute atomic E-state index is 0.222. The van der Waals surface area contributed by atoms with E-state index in [0.29, 0.717) is 22.7 Å². The maximum Gasteiger partial charge on any atom is 0.263 e. The van der Waals surface area contributed by atoms with Gasteiger partial charge in [-0.25, -0.2) is 4.98 Å². The number of ether oxygens (including phenoxy) is 1. The quantitative estimate of drug-likeness (QED) is 0.875. The first-order valence-corrected chi connectivity index (χ1v) is 6.62. The van der Waals surface area contributed by atoms with E-state index >= 15 is 0 Å². The lowest BCUT2D eigenvalue weighted by Crippen LogP contribution is -2.27. The van der Waals surface area contributed by atoms with Crippen molar-refractivity contribution >= 4 is 28.8 Å². The molecular weight excluding hydrogens is 286 g/mol. The van der Waals surface area contributed by atoms with Crippen molar-refractivity contribution in [3.8, 4) is 5.88 Å². The number of rotatable bonds is 4. The highest BCUT2D eigenvalue weighted by molar-refractivity contribution is 7.80. The Morgan fingerprint density at radius 2 is 2.10 bits per heavy atom. The van der Waals surface area contributed by atoms with Gasteiger partial charge in [-0.3, -0.25) is 4.79 Å². The Hall–Kier alpha value is -2.47. The molecule has 1 heterocycles. The number of carbonyl (C=O) groups is 1. The first-order valence-electron chi connectivity index (χ1n) is 6.21. The largest absolute Gasteiger partial charge is 0.480 e. The highest BCUT2D eigenvalue weighted by atomic mass is 32.1. The Labute approximate surface area is 128 Å². The number of nitrogens with two attached hydrogens (primary N) is 1. The summed E-state index contributed by atoms with van der Waals surface area (Å²) in [7, 11) is 3.15. The van der Waals surface area contributed by atoms with E-state index in [9.17, 15) is 4.79 Å². The van der Waals surface area contributed by atoms with Crippen molar-refractivity contribution in [3.05, 3.63) is 53.7 Å². The van der Waals surface area contributed by atoms with Crippen molar-refractivity contribution in [3.63, 3.8) is 0 Å². The molecule has 0 saturated heterocycles. The number of benzene rings is 1. The van der Waals surface area contributed by atoms with E-state index in [0.717, 1.165) is 0 Å². The first-order chi connectivity index (χ1) is 10.0.